The van der Waals surface area contributed by atoms with E-state index in [0.717, 1.165) is 22.3 Å². The Labute approximate surface area is 254 Å². The molecular weight excluding hydrogens is 570 g/mol. The minimum atomic E-state index is -1.05. The van der Waals surface area contributed by atoms with E-state index in [1.807, 2.05) is 48.5 Å². The summed E-state index contributed by atoms with van der Waals surface area (Å²) in [6, 6.07) is 20.2. The van der Waals surface area contributed by atoms with Crippen LogP contribution in [0.1, 0.15) is 50.7 Å². The largest absolute Gasteiger partial charge is 0.513 e. The smallest absolute Gasteiger partial charge is 0.449 e. The molecule has 0 saturated heterocycles. The molecule has 3 aromatic rings. The second-order valence-electron chi connectivity index (χ2n) is 11.2. The molecule has 0 saturated carbocycles. The lowest BCUT2D eigenvalue weighted by Gasteiger charge is -2.21. The van der Waals surface area contributed by atoms with Crippen LogP contribution in [0.25, 0.3) is 11.1 Å². The van der Waals surface area contributed by atoms with Gasteiger partial charge in [-0.1, -0.05) is 48.5 Å². The number of hydrogen-bond donors (Lipinski definition) is 2. The van der Waals surface area contributed by atoms with Crippen molar-refractivity contribution in [2.24, 2.45) is 0 Å². The van der Waals surface area contributed by atoms with Gasteiger partial charge in [0, 0.05) is 24.6 Å². The topological polar surface area (TPSA) is 155 Å². The van der Waals surface area contributed by atoms with Crippen LogP contribution in [-0.4, -0.2) is 54.7 Å². The standard InChI is InChI=1S/C32H35N3O9/c1-32(2,3)44-29(36)33-18-8-9-21(19-42-31(38)43-23-16-14-22(15-17-23)35(39)40)34-30(37)41-20-28-26-12-6-4-10-24(26)25-11-5-7-13-27(25)28/h4-7,10-17,21,28H,8-9,18-20H2,1-3H3,(H,33,36)(H,34,37). The van der Waals surface area contributed by atoms with Crippen molar-refractivity contribution in [2.75, 3.05) is 19.8 Å². The number of ether oxygens (including phenoxy) is 4. The predicted octanol–water partition coefficient (Wildman–Crippen LogP) is 6.32. The summed E-state index contributed by atoms with van der Waals surface area (Å²) < 4.78 is 21.2. The van der Waals surface area contributed by atoms with E-state index in [0.29, 0.717) is 12.8 Å². The molecule has 1 atom stereocenters. The van der Waals surface area contributed by atoms with Gasteiger partial charge in [0.2, 0.25) is 0 Å². The molecule has 12 heteroatoms. The highest BCUT2D eigenvalue weighted by Gasteiger charge is 2.29. The van der Waals surface area contributed by atoms with E-state index in [1.165, 1.54) is 24.3 Å². The summed E-state index contributed by atoms with van der Waals surface area (Å²) in [5.74, 6) is -0.0687. The zero-order chi connectivity index (χ0) is 31.7. The van der Waals surface area contributed by atoms with Crippen LogP contribution >= 0.6 is 0 Å². The number of nitro benzene ring substituents is 1. The summed E-state index contributed by atoms with van der Waals surface area (Å²) in [6.45, 7) is 5.39. The van der Waals surface area contributed by atoms with Crippen molar-refractivity contribution < 1.29 is 38.3 Å². The van der Waals surface area contributed by atoms with Crippen LogP contribution in [0.15, 0.2) is 72.8 Å². The Balaban J connectivity index is 1.33. The molecule has 44 heavy (non-hydrogen) atoms. The molecule has 0 aromatic heterocycles. The molecule has 0 bridgehead atoms. The summed E-state index contributed by atoms with van der Waals surface area (Å²) in [4.78, 5) is 47.4. The van der Waals surface area contributed by atoms with Gasteiger partial charge >= 0.3 is 18.3 Å². The molecular formula is C32H35N3O9. The van der Waals surface area contributed by atoms with Crippen LogP contribution in [0.3, 0.4) is 0 Å². The van der Waals surface area contributed by atoms with Crippen molar-refractivity contribution in [1.29, 1.82) is 0 Å². The van der Waals surface area contributed by atoms with E-state index in [-0.39, 0.29) is 37.1 Å². The maximum atomic E-state index is 12.9. The van der Waals surface area contributed by atoms with Crippen molar-refractivity contribution in [3.8, 4) is 16.9 Å². The van der Waals surface area contributed by atoms with Gasteiger partial charge in [0.25, 0.3) is 5.69 Å². The molecule has 2 amide bonds. The monoisotopic (exact) mass is 605 g/mol. The van der Waals surface area contributed by atoms with Crippen molar-refractivity contribution in [1.82, 2.24) is 10.6 Å². The van der Waals surface area contributed by atoms with Gasteiger partial charge in [0.05, 0.1) is 11.0 Å². The Hall–Kier alpha value is -5.13. The number of benzene rings is 3. The highest BCUT2D eigenvalue weighted by Crippen LogP contribution is 2.44. The van der Waals surface area contributed by atoms with Gasteiger partial charge in [-0.05, 0) is 68.0 Å². The zero-order valence-corrected chi connectivity index (χ0v) is 24.7. The third-order valence-electron chi connectivity index (χ3n) is 6.71. The van der Waals surface area contributed by atoms with Crippen LogP contribution in [0.5, 0.6) is 5.75 Å². The predicted molar refractivity (Wildman–Crippen MR) is 161 cm³/mol. The minimum absolute atomic E-state index is 0.0585. The van der Waals surface area contributed by atoms with Gasteiger partial charge in [-0.2, -0.15) is 0 Å². The quantitative estimate of drug-likeness (QED) is 0.0637. The second-order valence-corrected chi connectivity index (χ2v) is 11.2. The van der Waals surface area contributed by atoms with Crippen molar-refractivity contribution >= 4 is 24.0 Å². The Kier molecular flexibility index (Phi) is 10.4. The molecule has 4 rings (SSSR count). The SMILES string of the molecule is CC(C)(C)OC(=O)NCCCC(COC(=O)Oc1ccc([N+](=O)[O-])cc1)NC(=O)OCC1c2ccccc2-c2ccccc21. The lowest BCUT2D eigenvalue weighted by atomic mass is 9.98. The van der Waals surface area contributed by atoms with Gasteiger partial charge in [-0.25, -0.2) is 14.4 Å². The number of fused-ring (bicyclic) bond motifs is 3. The average Bonchev–Trinajstić information content (AvgIpc) is 3.30. The second kappa shape index (κ2) is 14.4. The fourth-order valence-electron chi connectivity index (χ4n) is 4.79. The van der Waals surface area contributed by atoms with E-state index in [1.54, 1.807) is 20.8 Å². The van der Waals surface area contributed by atoms with Crippen LogP contribution in [0, 0.1) is 10.1 Å². The number of hydrogen-bond acceptors (Lipinski definition) is 9. The molecule has 0 heterocycles. The zero-order valence-electron chi connectivity index (χ0n) is 24.7. The summed E-state index contributed by atoms with van der Waals surface area (Å²) in [5.41, 5.74) is 3.56. The normalized spacial score (nSPS) is 12.7. The third kappa shape index (κ3) is 8.93. The van der Waals surface area contributed by atoms with E-state index < -0.39 is 34.9 Å². The van der Waals surface area contributed by atoms with Gasteiger partial charge < -0.3 is 29.6 Å². The summed E-state index contributed by atoms with van der Waals surface area (Å²) in [7, 11) is 0. The molecule has 0 aliphatic heterocycles. The molecule has 0 spiro atoms. The highest BCUT2D eigenvalue weighted by atomic mass is 16.7. The maximum Gasteiger partial charge on any atom is 0.513 e. The Bertz CT molecular complexity index is 1440. The third-order valence-corrected chi connectivity index (χ3v) is 6.71. The Morgan fingerprint density at radius 2 is 1.50 bits per heavy atom. The molecule has 2 N–H and O–H groups in total. The summed E-state index contributed by atoms with van der Waals surface area (Å²) in [5, 5.41) is 16.2. The summed E-state index contributed by atoms with van der Waals surface area (Å²) >= 11 is 0. The van der Waals surface area contributed by atoms with Gasteiger partial charge in [-0.3, -0.25) is 10.1 Å². The van der Waals surface area contributed by atoms with Crippen LogP contribution in [0.4, 0.5) is 20.1 Å². The van der Waals surface area contributed by atoms with E-state index in [4.69, 9.17) is 18.9 Å². The number of non-ortho nitro benzene ring substituents is 1. The number of rotatable bonds is 11. The molecule has 1 aliphatic rings. The Morgan fingerprint density at radius 1 is 0.886 bits per heavy atom. The molecule has 0 fully saturated rings. The first-order valence-corrected chi connectivity index (χ1v) is 14.2. The van der Waals surface area contributed by atoms with Crippen molar-refractivity contribution in [3.63, 3.8) is 0 Å². The van der Waals surface area contributed by atoms with Crippen LogP contribution in [0.2, 0.25) is 0 Å². The van der Waals surface area contributed by atoms with Crippen molar-refractivity contribution in [3.05, 3.63) is 94.0 Å². The molecule has 232 valence electrons. The number of carbonyl (C=O) groups excluding carboxylic acids is 3. The number of nitrogens with one attached hydrogen (secondary N) is 2. The maximum absolute atomic E-state index is 12.9. The lowest BCUT2D eigenvalue weighted by molar-refractivity contribution is -0.384. The van der Waals surface area contributed by atoms with Gasteiger partial charge in [0.1, 0.15) is 24.6 Å². The number of amides is 2. The van der Waals surface area contributed by atoms with Gasteiger partial charge in [-0.15, -0.1) is 0 Å². The number of alkyl carbamates (subject to hydrolysis) is 2. The Morgan fingerprint density at radius 3 is 2.09 bits per heavy atom. The first kappa shape index (κ1) is 31.8. The molecule has 1 aliphatic carbocycles. The molecule has 12 nitrogen and oxygen atoms in total. The van der Waals surface area contributed by atoms with E-state index in [2.05, 4.69) is 10.6 Å². The molecule has 0 radical (unpaired) electrons. The number of nitrogens with zero attached hydrogens (tertiary/aromatic N) is 1. The average molecular weight is 606 g/mol. The van der Waals surface area contributed by atoms with Crippen LogP contribution < -0.4 is 15.4 Å². The summed E-state index contributed by atoms with van der Waals surface area (Å²) in [6.07, 6.45) is -1.56. The number of carbonyl (C=O) groups is 3. The first-order chi connectivity index (χ1) is 21.0. The van der Waals surface area contributed by atoms with E-state index in [9.17, 15) is 24.5 Å². The fraction of sp³-hybridized carbons (Fsp3) is 0.344. The minimum Gasteiger partial charge on any atom is -0.449 e. The van der Waals surface area contributed by atoms with Crippen molar-refractivity contribution in [2.45, 2.75) is 51.2 Å². The van der Waals surface area contributed by atoms with Crippen LogP contribution in [-0.2, 0) is 14.2 Å². The van der Waals surface area contributed by atoms with E-state index >= 15 is 0 Å². The lowest BCUT2D eigenvalue weighted by Crippen LogP contribution is -2.40. The highest BCUT2D eigenvalue weighted by molar-refractivity contribution is 5.79. The molecule has 3 aromatic carbocycles. The first-order valence-electron chi connectivity index (χ1n) is 14.2. The van der Waals surface area contributed by atoms with Gasteiger partial charge in [0.15, 0.2) is 0 Å². The number of nitro groups is 1. The fourth-order valence-corrected chi connectivity index (χ4v) is 4.79. The molecule has 1 unspecified atom stereocenters.